The van der Waals surface area contributed by atoms with Gasteiger partial charge in [-0.15, -0.1) is 6.42 Å². The van der Waals surface area contributed by atoms with Gasteiger partial charge in [0, 0.05) is 17.8 Å². The molecule has 0 aliphatic rings. The van der Waals surface area contributed by atoms with Crippen molar-refractivity contribution in [2.75, 3.05) is 13.1 Å². The van der Waals surface area contributed by atoms with Crippen LogP contribution in [0.25, 0.3) is 0 Å². The number of rotatable bonds is 5. The molecule has 0 radical (unpaired) electrons. The highest BCUT2D eigenvalue weighted by Crippen LogP contribution is 2.01. The third kappa shape index (κ3) is 3.83. The predicted octanol–water partition coefficient (Wildman–Crippen LogP) is -0.0525. The van der Waals surface area contributed by atoms with Gasteiger partial charge in [-0.05, 0) is 6.92 Å². The second-order valence-electron chi connectivity index (χ2n) is 3.63. The van der Waals surface area contributed by atoms with Crippen LogP contribution in [0.5, 0.6) is 0 Å². The van der Waals surface area contributed by atoms with Crippen molar-refractivity contribution in [3.05, 3.63) is 17.5 Å². The summed E-state index contributed by atoms with van der Waals surface area (Å²) in [6.45, 7) is 1.61. The van der Waals surface area contributed by atoms with E-state index in [0.29, 0.717) is 0 Å². The summed E-state index contributed by atoms with van der Waals surface area (Å²) in [4.78, 5) is 23.3. The first kappa shape index (κ1) is 13.6. The maximum atomic E-state index is 11.7. The lowest BCUT2D eigenvalue weighted by Gasteiger charge is -2.18. The maximum absolute atomic E-state index is 11.7. The molecule has 0 aliphatic heterocycles. The predicted molar refractivity (Wildman–Crippen MR) is 63.6 cm³/mol. The molecule has 7 heteroatoms. The zero-order chi connectivity index (χ0) is 13.5. The number of nitrogens with one attached hydrogen (secondary N) is 2. The second-order valence-corrected chi connectivity index (χ2v) is 3.63. The van der Waals surface area contributed by atoms with E-state index >= 15 is 0 Å². The molecule has 0 unspecified atom stereocenters. The summed E-state index contributed by atoms with van der Waals surface area (Å²) in [6, 6.07) is -0.518. The highest BCUT2D eigenvalue weighted by atomic mass is 16.4. The minimum atomic E-state index is -1.11. The number of amides is 2. The molecule has 1 rings (SSSR count). The quantitative estimate of drug-likeness (QED) is 0.638. The number of hydrogen-bond acceptors (Lipinski definition) is 3. The number of carboxylic acids is 1. The number of H-pyrrole nitrogens is 1. The third-order valence-corrected chi connectivity index (χ3v) is 2.26. The first-order chi connectivity index (χ1) is 8.54. The van der Waals surface area contributed by atoms with E-state index in [1.165, 1.54) is 0 Å². The van der Waals surface area contributed by atoms with Crippen LogP contribution in [0.1, 0.15) is 11.3 Å². The third-order valence-electron chi connectivity index (χ3n) is 2.26. The summed E-state index contributed by atoms with van der Waals surface area (Å²) < 4.78 is 0. The highest BCUT2D eigenvalue weighted by Gasteiger charge is 2.15. The largest absolute Gasteiger partial charge is 0.480 e. The van der Waals surface area contributed by atoms with E-state index in [2.05, 4.69) is 21.4 Å². The Labute approximate surface area is 104 Å². The topological polar surface area (TPSA) is 98.3 Å². The average molecular weight is 250 g/mol. The molecule has 7 nitrogen and oxygen atoms in total. The number of urea groups is 1. The second kappa shape index (κ2) is 6.30. The van der Waals surface area contributed by atoms with Crippen molar-refractivity contribution in [1.29, 1.82) is 0 Å². The Balaban J connectivity index is 2.54. The van der Waals surface area contributed by atoms with Gasteiger partial charge in [0.2, 0.25) is 0 Å². The SMILES string of the molecule is C#CCN(CC(=O)O)C(=O)NCc1cn[nH]c1C. The monoisotopic (exact) mass is 250 g/mol. The summed E-state index contributed by atoms with van der Waals surface area (Å²) in [7, 11) is 0. The molecule has 0 atom stereocenters. The number of carbonyl (C=O) groups is 2. The molecule has 1 heterocycles. The van der Waals surface area contributed by atoms with Crippen LogP contribution >= 0.6 is 0 Å². The summed E-state index contributed by atoms with van der Waals surface area (Å²) in [6.07, 6.45) is 6.67. The molecule has 96 valence electrons. The molecule has 0 bridgehead atoms. The van der Waals surface area contributed by atoms with Gasteiger partial charge in [0.1, 0.15) is 6.54 Å². The molecular weight excluding hydrogens is 236 g/mol. The minimum absolute atomic E-state index is 0.0531. The molecule has 1 aromatic rings. The van der Waals surface area contributed by atoms with E-state index in [1.54, 1.807) is 6.20 Å². The summed E-state index contributed by atoms with van der Waals surface area (Å²) in [5, 5.41) is 17.8. The highest BCUT2D eigenvalue weighted by molar-refractivity contribution is 5.80. The molecule has 18 heavy (non-hydrogen) atoms. The lowest BCUT2D eigenvalue weighted by atomic mass is 10.3. The number of terminal acetylenes is 1. The van der Waals surface area contributed by atoms with E-state index in [9.17, 15) is 9.59 Å². The molecule has 0 aliphatic carbocycles. The van der Waals surface area contributed by atoms with Gasteiger partial charge in [-0.3, -0.25) is 9.89 Å². The van der Waals surface area contributed by atoms with E-state index in [-0.39, 0.29) is 13.1 Å². The number of aryl methyl sites for hydroxylation is 1. The number of aliphatic carboxylic acids is 1. The first-order valence-electron chi connectivity index (χ1n) is 5.21. The van der Waals surface area contributed by atoms with Crippen LogP contribution in [0.15, 0.2) is 6.20 Å². The zero-order valence-electron chi connectivity index (χ0n) is 9.93. The minimum Gasteiger partial charge on any atom is -0.480 e. The standard InChI is InChI=1S/C11H14N4O3/c1-3-4-15(7-10(16)17)11(18)12-5-9-6-13-14-8(9)2/h1,6H,4-5,7H2,2H3,(H,12,18)(H,13,14)(H,16,17). The van der Waals surface area contributed by atoms with Crippen LogP contribution in [-0.4, -0.2) is 45.3 Å². The van der Waals surface area contributed by atoms with Gasteiger partial charge in [-0.2, -0.15) is 5.10 Å². The number of nitrogens with zero attached hydrogens (tertiary/aromatic N) is 2. The fourth-order valence-corrected chi connectivity index (χ4v) is 1.31. The Morgan fingerprint density at radius 3 is 2.89 bits per heavy atom. The van der Waals surface area contributed by atoms with Crippen LogP contribution < -0.4 is 5.32 Å². The number of carbonyl (C=O) groups excluding carboxylic acids is 1. The fourth-order valence-electron chi connectivity index (χ4n) is 1.31. The van der Waals surface area contributed by atoms with Crippen LogP contribution in [0.2, 0.25) is 0 Å². The molecular formula is C11H14N4O3. The fraction of sp³-hybridized carbons (Fsp3) is 0.364. The average Bonchev–Trinajstić information content (AvgIpc) is 2.70. The first-order valence-corrected chi connectivity index (χ1v) is 5.21. The van der Waals surface area contributed by atoms with Gasteiger partial charge >= 0.3 is 12.0 Å². The van der Waals surface area contributed by atoms with Gasteiger partial charge < -0.3 is 15.3 Å². The summed E-state index contributed by atoms with van der Waals surface area (Å²) in [5.41, 5.74) is 1.68. The molecule has 1 aromatic heterocycles. The van der Waals surface area contributed by atoms with E-state index in [0.717, 1.165) is 16.2 Å². The molecule has 0 aromatic carbocycles. The molecule has 0 saturated heterocycles. The van der Waals surface area contributed by atoms with Gasteiger partial charge in [-0.1, -0.05) is 5.92 Å². The lowest BCUT2D eigenvalue weighted by Crippen LogP contribution is -2.42. The number of hydrogen-bond donors (Lipinski definition) is 3. The molecule has 0 fully saturated rings. The normalized spacial score (nSPS) is 9.56. The van der Waals surface area contributed by atoms with Crippen molar-refractivity contribution in [2.24, 2.45) is 0 Å². The van der Waals surface area contributed by atoms with Gasteiger partial charge in [-0.25, -0.2) is 4.79 Å². The van der Waals surface area contributed by atoms with Crippen LogP contribution in [0, 0.1) is 19.3 Å². The van der Waals surface area contributed by atoms with Crippen molar-refractivity contribution in [1.82, 2.24) is 20.4 Å². The Morgan fingerprint density at radius 2 is 2.39 bits per heavy atom. The van der Waals surface area contributed by atoms with E-state index in [1.807, 2.05) is 6.92 Å². The Bertz CT molecular complexity index is 475. The Hall–Kier alpha value is -2.49. The number of aromatic nitrogens is 2. The molecule has 0 saturated carbocycles. The van der Waals surface area contributed by atoms with E-state index < -0.39 is 18.5 Å². The van der Waals surface area contributed by atoms with Crippen LogP contribution in [0.3, 0.4) is 0 Å². The number of aromatic amines is 1. The van der Waals surface area contributed by atoms with Gasteiger partial charge in [0.05, 0.1) is 12.7 Å². The Morgan fingerprint density at radius 1 is 1.67 bits per heavy atom. The smallest absolute Gasteiger partial charge is 0.323 e. The zero-order valence-corrected chi connectivity index (χ0v) is 9.93. The molecule has 0 spiro atoms. The van der Waals surface area contributed by atoms with Crippen molar-refractivity contribution in [2.45, 2.75) is 13.5 Å². The molecule has 2 amide bonds. The van der Waals surface area contributed by atoms with Gasteiger partial charge in [0.15, 0.2) is 0 Å². The van der Waals surface area contributed by atoms with Crippen molar-refractivity contribution >= 4 is 12.0 Å². The van der Waals surface area contributed by atoms with Crippen LogP contribution in [-0.2, 0) is 11.3 Å². The summed E-state index contributed by atoms with van der Waals surface area (Å²) >= 11 is 0. The summed E-state index contributed by atoms with van der Waals surface area (Å²) in [5.74, 6) is 1.13. The number of carboxylic acid groups (broad SMARTS) is 1. The van der Waals surface area contributed by atoms with Crippen molar-refractivity contribution in [3.63, 3.8) is 0 Å². The maximum Gasteiger partial charge on any atom is 0.323 e. The van der Waals surface area contributed by atoms with Gasteiger partial charge in [0.25, 0.3) is 0 Å². The molecule has 3 N–H and O–H groups in total. The van der Waals surface area contributed by atoms with Crippen molar-refractivity contribution < 1.29 is 14.7 Å². The lowest BCUT2D eigenvalue weighted by molar-refractivity contribution is -0.137. The van der Waals surface area contributed by atoms with E-state index in [4.69, 9.17) is 11.5 Å². The van der Waals surface area contributed by atoms with Crippen molar-refractivity contribution in [3.8, 4) is 12.3 Å². The Kier molecular flexibility index (Phi) is 4.75. The van der Waals surface area contributed by atoms with Crippen LogP contribution in [0.4, 0.5) is 4.79 Å².